The van der Waals surface area contributed by atoms with Gasteiger partial charge in [0.25, 0.3) is 0 Å². The van der Waals surface area contributed by atoms with Crippen LogP contribution in [0.25, 0.3) is 0 Å². The van der Waals surface area contributed by atoms with Gasteiger partial charge in [0.15, 0.2) is 5.82 Å². The van der Waals surface area contributed by atoms with Crippen molar-refractivity contribution in [2.45, 2.75) is 50.7 Å². The number of aromatic nitrogens is 1. The standard InChI is InChI=1S/C22H29FN6O/c1-14(15-3-2-8-24-9-15)18-10-25-11-19(18)21-26-20-12-28(13-29(20)22(30)27-21)17-6-4-16(23)5-7-17/h2-3,8-9,12,14,16-19,25H,4-7,10-11,13H2,1H3,(H,26,27,30). The molecule has 4 aliphatic rings. The number of hydrogen-bond acceptors (Lipinski definition) is 5. The van der Waals surface area contributed by atoms with Crippen molar-refractivity contribution in [2.24, 2.45) is 16.8 Å². The Labute approximate surface area is 176 Å². The lowest BCUT2D eigenvalue weighted by molar-refractivity contribution is 0.138. The molecule has 7 nitrogen and oxygen atoms in total. The number of urea groups is 1. The molecule has 30 heavy (non-hydrogen) atoms. The highest BCUT2D eigenvalue weighted by molar-refractivity contribution is 6.02. The minimum atomic E-state index is -0.680. The number of carbonyl (C=O) groups is 1. The number of nitrogens with one attached hydrogen (secondary N) is 2. The summed E-state index contributed by atoms with van der Waals surface area (Å²) in [4.78, 5) is 25.8. The Morgan fingerprint density at radius 3 is 2.83 bits per heavy atom. The first kappa shape index (κ1) is 19.5. The van der Waals surface area contributed by atoms with Gasteiger partial charge in [-0.1, -0.05) is 13.0 Å². The van der Waals surface area contributed by atoms with Crippen LogP contribution < -0.4 is 10.6 Å². The molecule has 1 aromatic rings. The molecule has 2 fully saturated rings. The third kappa shape index (κ3) is 3.57. The molecular weight excluding hydrogens is 383 g/mol. The molecule has 4 heterocycles. The fourth-order valence-electron chi connectivity index (χ4n) is 5.26. The van der Waals surface area contributed by atoms with Gasteiger partial charge in [-0.25, -0.2) is 14.2 Å². The number of rotatable bonds is 4. The smallest absolute Gasteiger partial charge is 0.329 e. The normalized spacial score (nSPS) is 32.4. The number of amides is 2. The van der Waals surface area contributed by atoms with E-state index in [1.54, 1.807) is 11.1 Å². The maximum absolute atomic E-state index is 13.5. The zero-order valence-corrected chi connectivity index (χ0v) is 17.3. The van der Waals surface area contributed by atoms with Crippen molar-refractivity contribution in [1.29, 1.82) is 0 Å². The van der Waals surface area contributed by atoms with Crippen LogP contribution in [0.3, 0.4) is 0 Å². The molecule has 0 bridgehead atoms. The summed E-state index contributed by atoms with van der Waals surface area (Å²) < 4.78 is 13.5. The highest BCUT2D eigenvalue weighted by Gasteiger charge is 2.41. The fraction of sp³-hybridized carbons (Fsp3) is 0.591. The van der Waals surface area contributed by atoms with Gasteiger partial charge >= 0.3 is 6.03 Å². The second kappa shape index (κ2) is 7.98. The Bertz CT molecular complexity index is 850. The van der Waals surface area contributed by atoms with Crippen molar-refractivity contribution in [2.75, 3.05) is 19.8 Å². The number of aliphatic imine (C=N–C) groups is 1. The molecule has 2 N–H and O–H groups in total. The van der Waals surface area contributed by atoms with E-state index in [1.807, 2.05) is 18.5 Å². The van der Waals surface area contributed by atoms with Gasteiger partial charge in [-0.3, -0.25) is 15.2 Å². The molecule has 0 aromatic carbocycles. The summed E-state index contributed by atoms with van der Waals surface area (Å²) in [7, 11) is 0. The van der Waals surface area contributed by atoms with E-state index in [0.29, 0.717) is 37.2 Å². The van der Waals surface area contributed by atoms with E-state index in [2.05, 4.69) is 33.5 Å². The van der Waals surface area contributed by atoms with Gasteiger partial charge in [0.2, 0.25) is 0 Å². The largest absolute Gasteiger partial charge is 0.353 e. The first-order chi connectivity index (χ1) is 14.6. The van der Waals surface area contributed by atoms with Crippen LogP contribution in [0.5, 0.6) is 0 Å². The van der Waals surface area contributed by atoms with Crippen LogP contribution in [0.15, 0.2) is 41.5 Å². The van der Waals surface area contributed by atoms with Crippen molar-refractivity contribution in [3.8, 4) is 0 Å². The molecule has 1 aliphatic carbocycles. The zero-order valence-electron chi connectivity index (χ0n) is 17.3. The van der Waals surface area contributed by atoms with Crippen molar-refractivity contribution in [1.82, 2.24) is 25.4 Å². The Morgan fingerprint density at radius 1 is 1.23 bits per heavy atom. The lowest BCUT2D eigenvalue weighted by Crippen LogP contribution is -2.50. The zero-order chi connectivity index (χ0) is 20.7. The van der Waals surface area contributed by atoms with E-state index in [9.17, 15) is 9.18 Å². The Hall–Kier alpha value is -2.48. The van der Waals surface area contributed by atoms with Crippen LogP contribution in [0.2, 0.25) is 0 Å². The van der Waals surface area contributed by atoms with Gasteiger partial charge in [0.05, 0.1) is 0 Å². The van der Waals surface area contributed by atoms with Crippen molar-refractivity contribution in [3.05, 3.63) is 42.1 Å². The molecule has 5 rings (SSSR count). The van der Waals surface area contributed by atoms with Crippen LogP contribution in [0.1, 0.15) is 44.1 Å². The van der Waals surface area contributed by atoms with Gasteiger partial charge in [-0.15, -0.1) is 0 Å². The van der Waals surface area contributed by atoms with E-state index in [-0.39, 0.29) is 18.0 Å². The second-order valence-corrected chi connectivity index (χ2v) is 8.91. The third-order valence-corrected chi connectivity index (χ3v) is 7.14. The Morgan fingerprint density at radius 2 is 2.07 bits per heavy atom. The number of amidine groups is 1. The summed E-state index contributed by atoms with van der Waals surface area (Å²) in [6.45, 7) is 4.40. The van der Waals surface area contributed by atoms with Gasteiger partial charge in [-0.05, 0) is 55.7 Å². The molecule has 8 heteroatoms. The molecule has 2 amide bonds. The van der Waals surface area contributed by atoms with Gasteiger partial charge in [0, 0.05) is 37.1 Å². The quantitative estimate of drug-likeness (QED) is 0.798. The molecular formula is C22H29FN6O. The number of carbonyl (C=O) groups excluding carboxylic acids is 1. The van der Waals surface area contributed by atoms with Crippen molar-refractivity contribution >= 4 is 11.9 Å². The molecule has 1 saturated heterocycles. The first-order valence-electron chi connectivity index (χ1n) is 11.0. The first-order valence-corrected chi connectivity index (χ1v) is 11.0. The molecule has 160 valence electrons. The van der Waals surface area contributed by atoms with Crippen molar-refractivity contribution < 1.29 is 9.18 Å². The van der Waals surface area contributed by atoms with E-state index >= 15 is 0 Å². The number of nitrogens with zero attached hydrogens (tertiary/aromatic N) is 4. The van der Waals surface area contributed by atoms with Crippen molar-refractivity contribution in [3.63, 3.8) is 0 Å². The number of alkyl halides is 1. The van der Waals surface area contributed by atoms with E-state index in [1.165, 1.54) is 5.56 Å². The van der Waals surface area contributed by atoms with Crippen LogP contribution in [0.4, 0.5) is 9.18 Å². The number of pyridine rings is 1. The predicted molar refractivity (Wildman–Crippen MR) is 112 cm³/mol. The lowest BCUT2D eigenvalue weighted by atomic mass is 9.80. The summed E-state index contributed by atoms with van der Waals surface area (Å²) >= 11 is 0. The second-order valence-electron chi connectivity index (χ2n) is 8.91. The van der Waals surface area contributed by atoms with Gasteiger partial charge in [0.1, 0.15) is 18.7 Å². The SMILES string of the molecule is CC(c1cccnc1)C1CNCC1C1=NC2=CN(C3CCC(F)CC3)CN2C(=O)N1. The molecule has 0 spiro atoms. The van der Waals surface area contributed by atoms with Gasteiger partial charge in [-0.2, -0.15) is 0 Å². The highest BCUT2D eigenvalue weighted by Crippen LogP contribution is 2.35. The van der Waals surface area contributed by atoms with E-state index < -0.39 is 6.17 Å². The molecule has 3 unspecified atom stereocenters. The summed E-state index contributed by atoms with van der Waals surface area (Å²) in [5, 5.41) is 6.53. The highest BCUT2D eigenvalue weighted by atomic mass is 19.1. The predicted octanol–water partition coefficient (Wildman–Crippen LogP) is 2.80. The summed E-state index contributed by atoms with van der Waals surface area (Å²) in [6.07, 6.45) is 7.89. The van der Waals surface area contributed by atoms with E-state index in [0.717, 1.165) is 31.8 Å². The Kier molecular flexibility index (Phi) is 5.18. The van der Waals surface area contributed by atoms with Crippen LogP contribution in [-0.4, -0.2) is 58.6 Å². The van der Waals surface area contributed by atoms with Gasteiger partial charge < -0.3 is 10.2 Å². The minimum absolute atomic E-state index is 0.118. The monoisotopic (exact) mass is 412 g/mol. The lowest BCUT2D eigenvalue weighted by Gasteiger charge is -2.33. The number of halogens is 1. The minimum Gasteiger partial charge on any atom is -0.353 e. The van der Waals surface area contributed by atoms with Crippen LogP contribution >= 0.6 is 0 Å². The van der Waals surface area contributed by atoms with Crippen LogP contribution in [-0.2, 0) is 0 Å². The average Bonchev–Trinajstić information content (AvgIpc) is 3.42. The average molecular weight is 413 g/mol. The fourth-order valence-corrected chi connectivity index (χ4v) is 5.26. The Balaban J connectivity index is 1.35. The summed E-state index contributed by atoms with van der Waals surface area (Å²) in [5.41, 5.74) is 1.20. The molecule has 1 saturated carbocycles. The van der Waals surface area contributed by atoms with E-state index in [4.69, 9.17) is 4.99 Å². The maximum atomic E-state index is 13.5. The maximum Gasteiger partial charge on any atom is 0.329 e. The van der Waals surface area contributed by atoms with Crippen LogP contribution in [0, 0.1) is 11.8 Å². The third-order valence-electron chi connectivity index (χ3n) is 7.14. The molecule has 1 aromatic heterocycles. The molecule has 3 atom stereocenters. The topological polar surface area (TPSA) is 72.9 Å². The summed E-state index contributed by atoms with van der Waals surface area (Å²) in [5.74, 6) is 2.24. The molecule has 0 radical (unpaired) electrons. The number of fused-ring (bicyclic) bond motifs is 1. The summed E-state index contributed by atoms with van der Waals surface area (Å²) in [6, 6.07) is 4.25. The molecule has 3 aliphatic heterocycles. The number of hydrogen-bond donors (Lipinski definition) is 2.